The standard InChI is InChI=1S/C13H28N2O2/c1-3-7-15-8-4-13(5-9-15)14-6-10-17-12-11-16-2/h13-14H,3-12H2,1-2H3. The van der Waals surface area contributed by atoms with Crippen molar-refractivity contribution in [2.24, 2.45) is 0 Å². The molecule has 1 aliphatic rings. The predicted molar refractivity (Wildman–Crippen MR) is 70.5 cm³/mol. The van der Waals surface area contributed by atoms with Crippen molar-refractivity contribution in [1.29, 1.82) is 0 Å². The van der Waals surface area contributed by atoms with E-state index < -0.39 is 0 Å². The third-order valence-electron chi connectivity index (χ3n) is 3.24. The van der Waals surface area contributed by atoms with Gasteiger partial charge >= 0.3 is 0 Å². The van der Waals surface area contributed by atoms with Gasteiger partial charge < -0.3 is 19.7 Å². The van der Waals surface area contributed by atoms with E-state index in [1.807, 2.05) is 0 Å². The van der Waals surface area contributed by atoms with Crippen LogP contribution in [0.4, 0.5) is 0 Å². The molecule has 0 atom stereocenters. The van der Waals surface area contributed by atoms with Gasteiger partial charge in [-0.25, -0.2) is 0 Å². The summed E-state index contributed by atoms with van der Waals surface area (Å²) < 4.78 is 10.3. The van der Waals surface area contributed by atoms with Crippen molar-refractivity contribution in [1.82, 2.24) is 10.2 Å². The van der Waals surface area contributed by atoms with Gasteiger partial charge in [0.25, 0.3) is 0 Å². The molecular formula is C13H28N2O2. The highest BCUT2D eigenvalue weighted by Crippen LogP contribution is 2.10. The fourth-order valence-electron chi connectivity index (χ4n) is 2.26. The first-order valence-corrected chi connectivity index (χ1v) is 6.89. The molecule has 1 heterocycles. The van der Waals surface area contributed by atoms with Crippen LogP contribution in [0.1, 0.15) is 26.2 Å². The van der Waals surface area contributed by atoms with Crippen LogP contribution in [0.2, 0.25) is 0 Å². The monoisotopic (exact) mass is 244 g/mol. The highest BCUT2D eigenvalue weighted by molar-refractivity contribution is 4.76. The van der Waals surface area contributed by atoms with E-state index in [0.29, 0.717) is 19.3 Å². The molecule has 1 aliphatic heterocycles. The fourth-order valence-corrected chi connectivity index (χ4v) is 2.26. The molecule has 4 nitrogen and oxygen atoms in total. The number of rotatable bonds is 9. The molecule has 0 aromatic heterocycles. The number of nitrogens with zero attached hydrogens (tertiary/aromatic N) is 1. The molecule has 1 N–H and O–H groups in total. The number of ether oxygens (including phenoxy) is 2. The summed E-state index contributed by atoms with van der Waals surface area (Å²) in [7, 11) is 1.70. The van der Waals surface area contributed by atoms with Crippen LogP contribution in [0.3, 0.4) is 0 Å². The molecule has 0 bridgehead atoms. The van der Waals surface area contributed by atoms with Crippen LogP contribution in [-0.2, 0) is 9.47 Å². The van der Waals surface area contributed by atoms with E-state index in [1.165, 1.54) is 38.9 Å². The normalized spacial score (nSPS) is 18.7. The molecule has 17 heavy (non-hydrogen) atoms. The van der Waals surface area contributed by atoms with Gasteiger partial charge in [0.1, 0.15) is 0 Å². The van der Waals surface area contributed by atoms with Crippen LogP contribution in [0.25, 0.3) is 0 Å². The Morgan fingerprint density at radius 1 is 1.18 bits per heavy atom. The summed E-state index contributed by atoms with van der Waals surface area (Å²) >= 11 is 0. The third-order valence-corrected chi connectivity index (χ3v) is 3.24. The van der Waals surface area contributed by atoms with Crippen molar-refractivity contribution in [2.45, 2.75) is 32.2 Å². The molecule has 1 rings (SSSR count). The van der Waals surface area contributed by atoms with Gasteiger partial charge in [0, 0.05) is 19.7 Å². The van der Waals surface area contributed by atoms with E-state index in [4.69, 9.17) is 9.47 Å². The second kappa shape index (κ2) is 9.83. The average molecular weight is 244 g/mol. The van der Waals surface area contributed by atoms with Crippen LogP contribution in [0.5, 0.6) is 0 Å². The zero-order chi connectivity index (χ0) is 12.3. The molecule has 4 heteroatoms. The Hall–Kier alpha value is -0.160. The Kier molecular flexibility index (Phi) is 8.61. The highest BCUT2D eigenvalue weighted by atomic mass is 16.5. The second-order valence-corrected chi connectivity index (χ2v) is 4.68. The first kappa shape index (κ1) is 14.9. The molecule has 0 aliphatic carbocycles. The minimum absolute atomic E-state index is 0.689. The summed E-state index contributed by atoms with van der Waals surface area (Å²) in [5.41, 5.74) is 0. The largest absolute Gasteiger partial charge is 0.382 e. The molecule has 0 spiro atoms. The minimum Gasteiger partial charge on any atom is -0.382 e. The Bertz CT molecular complexity index is 171. The van der Waals surface area contributed by atoms with Gasteiger partial charge in [-0.1, -0.05) is 6.92 Å². The molecule has 1 saturated heterocycles. The van der Waals surface area contributed by atoms with Gasteiger partial charge in [0.15, 0.2) is 0 Å². The van der Waals surface area contributed by atoms with Crippen LogP contribution in [0.15, 0.2) is 0 Å². The Balaban J connectivity index is 1.91. The summed E-state index contributed by atoms with van der Waals surface area (Å²) in [5.74, 6) is 0. The number of piperidine rings is 1. The Morgan fingerprint density at radius 2 is 1.94 bits per heavy atom. The summed E-state index contributed by atoms with van der Waals surface area (Å²) in [6.45, 7) is 9.14. The number of likely N-dealkylation sites (tertiary alicyclic amines) is 1. The van der Waals surface area contributed by atoms with Gasteiger partial charge in [-0.15, -0.1) is 0 Å². The number of hydrogen-bond acceptors (Lipinski definition) is 4. The zero-order valence-electron chi connectivity index (χ0n) is 11.4. The van der Waals surface area contributed by atoms with E-state index in [1.54, 1.807) is 7.11 Å². The quantitative estimate of drug-likeness (QED) is 0.616. The molecule has 0 radical (unpaired) electrons. The third kappa shape index (κ3) is 6.99. The van der Waals surface area contributed by atoms with Crippen molar-refractivity contribution < 1.29 is 9.47 Å². The summed E-state index contributed by atoms with van der Waals surface area (Å²) in [6, 6.07) is 0.689. The number of nitrogens with one attached hydrogen (secondary N) is 1. The fraction of sp³-hybridized carbons (Fsp3) is 1.00. The van der Waals surface area contributed by atoms with Crippen LogP contribution < -0.4 is 5.32 Å². The summed E-state index contributed by atoms with van der Waals surface area (Å²) in [5, 5.41) is 3.57. The van der Waals surface area contributed by atoms with E-state index in [0.717, 1.165) is 13.2 Å². The van der Waals surface area contributed by atoms with Crippen LogP contribution in [0, 0.1) is 0 Å². The molecular weight excluding hydrogens is 216 g/mol. The van der Waals surface area contributed by atoms with E-state index >= 15 is 0 Å². The highest BCUT2D eigenvalue weighted by Gasteiger charge is 2.17. The molecule has 0 aromatic rings. The molecule has 0 aromatic carbocycles. The van der Waals surface area contributed by atoms with Crippen LogP contribution in [-0.4, -0.2) is 64.1 Å². The maximum atomic E-state index is 5.43. The first-order chi connectivity index (χ1) is 8.36. The molecule has 0 amide bonds. The predicted octanol–water partition coefficient (Wildman–Crippen LogP) is 1.11. The van der Waals surface area contributed by atoms with E-state index in [-0.39, 0.29) is 0 Å². The molecule has 0 saturated carbocycles. The number of methoxy groups -OCH3 is 1. The van der Waals surface area contributed by atoms with Gasteiger partial charge in [-0.05, 0) is 38.9 Å². The van der Waals surface area contributed by atoms with Crippen molar-refractivity contribution in [2.75, 3.05) is 53.1 Å². The minimum atomic E-state index is 0.689. The zero-order valence-corrected chi connectivity index (χ0v) is 11.4. The van der Waals surface area contributed by atoms with E-state index in [2.05, 4.69) is 17.1 Å². The molecule has 102 valence electrons. The smallest absolute Gasteiger partial charge is 0.0700 e. The van der Waals surface area contributed by atoms with Gasteiger partial charge in [0.2, 0.25) is 0 Å². The maximum absolute atomic E-state index is 5.43. The Labute approximate surface area is 106 Å². The molecule has 1 fully saturated rings. The lowest BCUT2D eigenvalue weighted by molar-refractivity contribution is 0.0697. The molecule has 0 unspecified atom stereocenters. The SMILES string of the molecule is CCCN1CCC(NCCOCCOC)CC1. The lowest BCUT2D eigenvalue weighted by atomic mass is 10.1. The number of hydrogen-bond donors (Lipinski definition) is 1. The van der Waals surface area contributed by atoms with Gasteiger partial charge in [-0.2, -0.15) is 0 Å². The first-order valence-electron chi connectivity index (χ1n) is 6.89. The van der Waals surface area contributed by atoms with Crippen molar-refractivity contribution in [3.05, 3.63) is 0 Å². The second-order valence-electron chi connectivity index (χ2n) is 4.68. The average Bonchev–Trinajstić information content (AvgIpc) is 2.36. The lowest BCUT2D eigenvalue weighted by Crippen LogP contribution is -2.43. The maximum Gasteiger partial charge on any atom is 0.0700 e. The van der Waals surface area contributed by atoms with Gasteiger partial charge in [0.05, 0.1) is 19.8 Å². The lowest BCUT2D eigenvalue weighted by Gasteiger charge is -2.32. The van der Waals surface area contributed by atoms with Crippen molar-refractivity contribution in [3.63, 3.8) is 0 Å². The van der Waals surface area contributed by atoms with Crippen molar-refractivity contribution >= 4 is 0 Å². The van der Waals surface area contributed by atoms with Gasteiger partial charge in [-0.3, -0.25) is 0 Å². The summed E-state index contributed by atoms with van der Waals surface area (Å²) in [6.07, 6.45) is 3.82. The van der Waals surface area contributed by atoms with E-state index in [9.17, 15) is 0 Å². The van der Waals surface area contributed by atoms with Crippen molar-refractivity contribution in [3.8, 4) is 0 Å². The topological polar surface area (TPSA) is 33.7 Å². The Morgan fingerprint density at radius 3 is 2.59 bits per heavy atom. The summed E-state index contributed by atoms with van der Waals surface area (Å²) in [4.78, 5) is 2.56. The van der Waals surface area contributed by atoms with Crippen LogP contribution >= 0.6 is 0 Å².